The largest absolute Gasteiger partial charge is 0.313 e. The second-order valence-electron chi connectivity index (χ2n) is 6.10. The summed E-state index contributed by atoms with van der Waals surface area (Å²) in [6, 6.07) is 10.4. The van der Waals surface area contributed by atoms with Crippen LogP contribution in [0, 0.1) is 5.92 Å². The molecular weight excluding hydrogens is 258 g/mol. The maximum atomic E-state index is 4.43. The molecule has 114 valence electrons. The van der Waals surface area contributed by atoms with Gasteiger partial charge in [-0.05, 0) is 24.4 Å². The third kappa shape index (κ3) is 6.13. The molecule has 1 heterocycles. The number of hydrogen-bond donors (Lipinski definition) is 1. The van der Waals surface area contributed by atoms with Crippen molar-refractivity contribution < 1.29 is 0 Å². The summed E-state index contributed by atoms with van der Waals surface area (Å²) < 4.78 is 2.01. The molecule has 0 bridgehead atoms. The molecule has 0 saturated carbocycles. The molecule has 1 aromatic heterocycles. The number of nitrogens with one attached hydrogen (secondary N) is 1. The van der Waals surface area contributed by atoms with Crippen LogP contribution >= 0.6 is 0 Å². The fourth-order valence-electron chi connectivity index (χ4n) is 2.39. The highest BCUT2D eigenvalue weighted by molar-refractivity contribution is 5.15. The molecule has 0 aliphatic heterocycles. The second-order valence-corrected chi connectivity index (χ2v) is 6.10. The normalized spacial score (nSPS) is 11.2. The number of unbranched alkanes of at least 4 members (excludes halogenated alkanes) is 1. The van der Waals surface area contributed by atoms with Gasteiger partial charge in [-0.3, -0.25) is 4.68 Å². The molecule has 0 aliphatic rings. The van der Waals surface area contributed by atoms with Crippen molar-refractivity contribution in [2.75, 3.05) is 6.54 Å². The van der Waals surface area contributed by atoms with E-state index in [0.717, 1.165) is 25.6 Å². The van der Waals surface area contributed by atoms with E-state index >= 15 is 0 Å². The Balaban J connectivity index is 1.66. The molecule has 0 amide bonds. The number of benzene rings is 1. The Morgan fingerprint density at radius 2 is 1.90 bits per heavy atom. The summed E-state index contributed by atoms with van der Waals surface area (Å²) in [7, 11) is 0. The monoisotopic (exact) mass is 285 g/mol. The van der Waals surface area contributed by atoms with Crippen LogP contribution in [0.3, 0.4) is 0 Å². The van der Waals surface area contributed by atoms with Gasteiger partial charge in [-0.15, -0.1) is 0 Å². The molecule has 3 nitrogen and oxygen atoms in total. The number of hydrogen-bond acceptors (Lipinski definition) is 2. The molecule has 2 aromatic rings. The van der Waals surface area contributed by atoms with Crippen LogP contribution in [0.2, 0.25) is 0 Å². The van der Waals surface area contributed by atoms with Crippen LogP contribution in [-0.4, -0.2) is 16.3 Å². The zero-order valence-corrected chi connectivity index (χ0v) is 13.3. The van der Waals surface area contributed by atoms with Gasteiger partial charge in [0.2, 0.25) is 0 Å². The van der Waals surface area contributed by atoms with Crippen LogP contribution in [0.4, 0.5) is 0 Å². The Kier molecular flexibility index (Phi) is 6.48. The molecule has 0 unspecified atom stereocenters. The maximum absolute atomic E-state index is 4.43. The van der Waals surface area contributed by atoms with Crippen molar-refractivity contribution in [1.82, 2.24) is 15.1 Å². The molecule has 2 rings (SSSR count). The maximum Gasteiger partial charge on any atom is 0.0659 e. The third-order valence-electron chi connectivity index (χ3n) is 3.59. The molecule has 21 heavy (non-hydrogen) atoms. The van der Waals surface area contributed by atoms with Gasteiger partial charge in [-0.1, -0.05) is 57.0 Å². The van der Waals surface area contributed by atoms with E-state index in [1.165, 1.54) is 30.4 Å². The molecule has 0 saturated heterocycles. The van der Waals surface area contributed by atoms with Gasteiger partial charge in [0.1, 0.15) is 0 Å². The molecule has 1 aromatic carbocycles. The van der Waals surface area contributed by atoms with Gasteiger partial charge in [0.25, 0.3) is 0 Å². The minimum absolute atomic E-state index is 0.821. The lowest BCUT2D eigenvalue weighted by atomic mass is 10.1. The summed E-state index contributed by atoms with van der Waals surface area (Å²) in [5, 5.41) is 7.93. The van der Waals surface area contributed by atoms with Crippen molar-refractivity contribution in [3.63, 3.8) is 0 Å². The number of nitrogens with zero attached hydrogens (tertiary/aromatic N) is 2. The summed E-state index contributed by atoms with van der Waals surface area (Å²) in [6.07, 6.45) is 8.00. The van der Waals surface area contributed by atoms with Crippen LogP contribution in [0.25, 0.3) is 0 Å². The van der Waals surface area contributed by atoms with Crippen molar-refractivity contribution in [3.05, 3.63) is 53.9 Å². The number of rotatable bonds is 9. The van der Waals surface area contributed by atoms with Crippen LogP contribution in [-0.2, 0) is 13.1 Å². The third-order valence-corrected chi connectivity index (χ3v) is 3.59. The number of aromatic nitrogens is 2. The van der Waals surface area contributed by atoms with Gasteiger partial charge in [-0.2, -0.15) is 5.10 Å². The lowest BCUT2D eigenvalue weighted by Crippen LogP contribution is -2.14. The second kappa shape index (κ2) is 8.63. The van der Waals surface area contributed by atoms with E-state index in [0.29, 0.717) is 0 Å². The SMILES string of the molecule is CC(C)CCCCNCc1cnn(Cc2ccccc2)c1. The van der Waals surface area contributed by atoms with Crippen molar-refractivity contribution in [2.24, 2.45) is 5.92 Å². The zero-order valence-electron chi connectivity index (χ0n) is 13.3. The van der Waals surface area contributed by atoms with Crippen LogP contribution in [0.15, 0.2) is 42.7 Å². The van der Waals surface area contributed by atoms with Gasteiger partial charge in [0.15, 0.2) is 0 Å². The van der Waals surface area contributed by atoms with Crippen LogP contribution < -0.4 is 5.32 Å². The Morgan fingerprint density at radius 1 is 1.10 bits per heavy atom. The first-order valence-electron chi connectivity index (χ1n) is 8.00. The molecule has 0 spiro atoms. The van der Waals surface area contributed by atoms with E-state index in [-0.39, 0.29) is 0 Å². The van der Waals surface area contributed by atoms with Crippen molar-refractivity contribution in [1.29, 1.82) is 0 Å². The lowest BCUT2D eigenvalue weighted by molar-refractivity contribution is 0.520. The highest BCUT2D eigenvalue weighted by Crippen LogP contribution is 2.06. The average Bonchev–Trinajstić information content (AvgIpc) is 2.91. The molecule has 0 radical (unpaired) electrons. The Bertz CT molecular complexity index is 502. The van der Waals surface area contributed by atoms with Gasteiger partial charge in [0.05, 0.1) is 12.7 Å². The predicted octanol–water partition coefficient (Wildman–Crippen LogP) is 3.85. The van der Waals surface area contributed by atoms with Crippen molar-refractivity contribution in [2.45, 2.75) is 46.2 Å². The predicted molar refractivity (Wildman–Crippen MR) is 88.2 cm³/mol. The first kappa shape index (κ1) is 15.8. The Labute approximate surface area is 128 Å². The summed E-state index contributed by atoms with van der Waals surface area (Å²) in [5.74, 6) is 0.821. The van der Waals surface area contributed by atoms with E-state index in [4.69, 9.17) is 0 Å². The van der Waals surface area contributed by atoms with E-state index in [9.17, 15) is 0 Å². The molecule has 3 heteroatoms. The Morgan fingerprint density at radius 3 is 2.67 bits per heavy atom. The topological polar surface area (TPSA) is 29.9 Å². The van der Waals surface area contributed by atoms with Gasteiger partial charge >= 0.3 is 0 Å². The molecular formula is C18H27N3. The Hall–Kier alpha value is -1.61. The average molecular weight is 285 g/mol. The fourth-order valence-corrected chi connectivity index (χ4v) is 2.39. The molecule has 1 N–H and O–H groups in total. The first-order chi connectivity index (χ1) is 10.2. The van der Waals surface area contributed by atoms with Crippen LogP contribution in [0.1, 0.15) is 44.2 Å². The minimum Gasteiger partial charge on any atom is -0.313 e. The smallest absolute Gasteiger partial charge is 0.0659 e. The summed E-state index contributed by atoms with van der Waals surface area (Å²) in [4.78, 5) is 0. The highest BCUT2D eigenvalue weighted by Gasteiger charge is 2.00. The summed E-state index contributed by atoms with van der Waals surface area (Å²) in [6.45, 7) is 7.42. The zero-order chi connectivity index (χ0) is 14.9. The van der Waals surface area contributed by atoms with E-state index in [1.54, 1.807) is 0 Å². The van der Waals surface area contributed by atoms with Gasteiger partial charge in [0, 0.05) is 18.3 Å². The quantitative estimate of drug-likeness (QED) is 0.709. The van der Waals surface area contributed by atoms with Crippen LogP contribution in [0.5, 0.6) is 0 Å². The van der Waals surface area contributed by atoms with E-state index in [2.05, 4.69) is 54.7 Å². The van der Waals surface area contributed by atoms with Gasteiger partial charge < -0.3 is 5.32 Å². The fraction of sp³-hybridized carbons (Fsp3) is 0.500. The van der Waals surface area contributed by atoms with E-state index in [1.807, 2.05) is 16.9 Å². The summed E-state index contributed by atoms with van der Waals surface area (Å²) >= 11 is 0. The first-order valence-corrected chi connectivity index (χ1v) is 8.00. The minimum atomic E-state index is 0.821. The van der Waals surface area contributed by atoms with Crippen molar-refractivity contribution >= 4 is 0 Å². The lowest BCUT2D eigenvalue weighted by Gasteiger charge is -2.05. The van der Waals surface area contributed by atoms with E-state index < -0.39 is 0 Å². The standard InChI is InChI=1S/C18H27N3/c1-16(2)8-6-7-11-19-12-18-13-20-21(15-18)14-17-9-4-3-5-10-17/h3-5,9-10,13,15-16,19H,6-8,11-12,14H2,1-2H3. The molecule has 0 fully saturated rings. The summed E-state index contributed by atoms with van der Waals surface area (Å²) in [5.41, 5.74) is 2.54. The highest BCUT2D eigenvalue weighted by atomic mass is 15.3. The molecule has 0 atom stereocenters. The molecule has 0 aliphatic carbocycles. The van der Waals surface area contributed by atoms with Gasteiger partial charge in [-0.25, -0.2) is 0 Å². The van der Waals surface area contributed by atoms with Crippen molar-refractivity contribution in [3.8, 4) is 0 Å².